The van der Waals surface area contributed by atoms with Crippen molar-refractivity contribution in [2.24, 2.45) is 17.1 Å². The van der Waals surface area contributed by atoms with Crippen LogP contribution >= 0.6 is 0 Å². The van der Waals surface area contributed by atoms with Crippen LogP contribution in [0.5, 0.6) is 0 Å². The highest BCUT2D eigenvalue weighted by Gasteiger charge is 2.31. The first-order chi connectivity index (χ1) is 8.39. The van der Waals surface area contributed by atoms with E-state index in [9.17, 15) is 8.78 Å². The molecule has 0 radical (unpaired) electrons. The van der Waals surface area contributed by atoms with Crippen molar-refractivity contribution in [2.75, 3.05) is 0 Å². The molecular formula is C15H21F2N. The Bertz CT molecular complexity index is 419. The summed E-state index contributed by atoms with van der Waals surface area (Å²) in [5.74, 6) is -0.765. The summed E-state index contributed by atoms with van der Waals surface area (Å²) in [6, 6.07) is 3.36. The summed E-state index contributed by atoms with van der Waals surface area (Å²) in [4.78, 5) is 0. The van der Waals surface area contributed by atoms with Crippen LogP contribution in [0.4, 0.5) is 8.78 Å². The molecule has 0 amide bonds. The largest absolute Gasteiger partial charge is 0.324 e. The molecule has 1 aromatic rings. The molecule has 18 heavy (non-hydrogen) atoms. The first-order valence-corrected chi connectivity index (χ1v) is 6.59. The molecule has 1 nitrogen and oxygen atoms in total. The molecule has 0 bridgehead atoms. The van der Waals surface area contributed by atoms with E-state index >= 15 is 0 Å². The van der Waals surface area contributed by atoms with E-state index in [2.05, 4.69) is 13.8 Å². The van der Waals surface area contributed by atoms with E-state index in [1.165, 1.54) is 12.1 Å². The smallest absolute Gasteiger partial charge is 0.130 e. The first kappa shape index (κ1) is 13.5. The van der Waals surface area contributed by atoms with Gasteiger partial charge in [0.15, 0.2) is 0 Å². The van der Waals surface area contributed by atoms with Crippen molar-refractivity contribution in [3.8, 4) is 0 Å². The van der Waals surface area contributed by atoms with Gasteiger partial charge in [0.05, 0.1) is 0 Å². The SMILES string of the molecule is CC1(C)CCC(C(N)c2ccc(F)cc2F)CC1. The van der Waals surface area contributed by atoms with Gasteiger partial charge in [0.2, 0.25) is 0 Å². The average molecular weight is 253 g/mol. The van der Waals surface area contributed by atoms with Crippen molar-refractivity contribution in [1.29, 1.82) is 0 Å². The standard InChI is InChI=1S/C15H21F2N/c1-15(2)7-5-10(6-8-15)14(18)12-4-3-11(16)9-13(12)17/h3-4,9-10,14H,5-8,18H2,1-2H3. The van der Waals surface area contributed by atoms with Gasteiger partial charge in [-0.1, -0.05) is 19.9 Å². The molecule has 3 heteroatoms. The van der Waals surface area contributed by atoms with Crippen LogP contribution in [0.25, 0.3) is 0 Å². The molecule has 0 heterocycles. The number of hydrogen-bond donors (Lipinski definition) is 1. The highest BCUT2D eigenvalue weighted by molar-refractivity contribution is 5.22. The van der Waals surface area contributed by atoms with Crippen LogP contribution in [-0.4, -0.2) is 0 Å². The quantitative estimate of drug-likeness (QED) is 0.840. The van der Waals surface area contributed by atoms with E-state index in [-0.39, 0.29) is 6.04 Å². The summed E-state index contributed by atoms with van der Waals surface area (Å²) in [5, 5.41) is 0. The Hall–Kier alpha value is -0.960. The van der Waals surface area contributed by atoms with E-state index in [4.69, 9.17) is 5.73 Å². The lowest BCUT2D eigenvalue weighted by Gasteiger charge is -2.37. The normalized spacial score (nSPS) is 21.8. The van der Waals surface area contributed by atoms with Gasteiger partial charge in [0, 0.05) is 17.7 Å². The van der Waals surface area contributed by atoms with Gasteiger partial charge < -0.3 is 5.73 Å². The molecule has 0 saturated heterocycles. The zero-order valence-corrected chi connectivity index (χ0v) is 11.0. The molecule has 1 saturated carbocycles. The number of hydrogen-bond acceptors (Lipinski definition) is 1. The number of rotatable bonds is 2. The zero-order valence-electron chi connectivity index (χ0n) is 11.0. The van der Waals surface area contributed by atoms with E-state index in [0.29, 0.717) is 16.9 Å². The lowest BCUT2D eigenvalue weighted by atomic mass is 9.70. The molecule has 0 aromatic heterocycles. The zero-order chi connectivity index (χ0) is 13.3. The Labute approximate surface area is 107 Å². The van der Waals surface area contributed by atoms with Crippen molar-refractivity contribution in [2.45, 2.75) is 45.6 Å². The molecule has 0 spiro atoms. The van der Waals surface area contributed by atoms with E-state index in [1.807, 2.05) is 0 Å². The summed E-state index contributed by atoms with van der Waals surface area (Å²) < 4.78 is 26.6. The van der Waals surface area contributed by atoms with Crippen molar-refractivity contribution < 1.29 is 8.78 Å². The third kappa shape index (κ3) is 2.89. The van der Waals surface area contributed by atoms with Gasteiger partial charge in [-0.15, -0.1) is 0 Å². The summed E-state index contributed by atoms with van der Waals surface area (Å²) in [7, 11) is 0. The molecule has 2 N–H and O–H groups in total. The van der Waals surface area contributed by atoms with Gasteiger partial charge in [-0.25, -0.2) is 8.78 Å². The predicted octanol–water partition coefficient (Wildman–Crippen LogP) is 4.18. The van der Waals surface area contributed by atoms with Crippen LogP contribution in [0.1, 0.15) is 51.1 Å². The maximum absolute atomic E-state index is 13.7. The highest BCUT2D eigenvalue weighted by Crippen LogP contribution is 2.42. The molecular weight excluding hydrogens is 232 g/mol. The Balaban J connectivity index is 2.10. The lowest BCUT2D eigenvalue weighted by molar-refractivity contribution is 0.172. The molecule has 2 rings (SSSR count). The van der Waals surface area contributed by atoms with Crippen LogP contribution in [0.15, 0.2) is 18.2 Å². The van der Waals surface area contributed by atoms with Crippen LogP contribution in [-0.2, 0) is 0 Å². The molecule has 1 atom stereocenters. The summed E-state index contributed by atoms with van der Waals surface area (Å²) in [6.07, 6.45) is 4.28. The summed E-state index contributed by atoms with van der Waals surface area (Å²) in [6.45, 7) is 4.51. The Kier molecular flexibility index (Phi) is 3.71. The molecule has 1 aliphatic rings. The molecule has 1 fully saturated rings. The van der Waals surface area contributed by atoms with Gasteiger partial charge in [-0.3, -0.25) is 0 Å². The maximum Gasteiger partial charge on any atom is 0.130 e. The second-order valence-electron chi connectivity index (χ2n) is 6.19. The maximum atomic E-state index is 13.7. The minimum Gasteiger partial charge on any atom is -0.324 e. The van der Waals surface area contributed by atoms with Crippen LogP contribution in [0.3, 0.4) is 0 Å². The summed E-state index contributed by atoms with van der Waals surface area (Å²) >= 11 is 0. The Morgan fingerprint density at radius 2 is 1.83 bits per heavy atom. The monoisotopic (exact) mass is 253 g/mol. The average Bonchev–Trinajstić information content (AvgIpc) is 2.28. The molecule has 1 unspecified atom stereocenters. The van der Waals surface area contributed by atoms with E-state index in [1.54, 1.807) is 0 Å². The second-order valence-corrected chi connectivity index (χ2v) is 6.19. The van der Waals surface area contributed by atoms with E-state index in [0.717, 1.165) is 31.7 Å². The van der Waals surface area contributed by atoms with Crippen molar-refractivity contribution in [3.63, 3.8) is 0 Å². The minimum atomic E-state index is -0.548. The van der Waals surface area contributed by atoms with Gasteiger partial charge in [0.1, 0.15) is 11.6 Å². The Morgan fingerprint density at radius 1 is 1.22 bits per heavy atom. The van der Waals surface area contributed by atoms with Crippen LogP contribution < -0.4 is 5.73 Å². The third-order valence-corrected chi connectivity index (χ3v) is 4.21. The van der Waals surface area contributed by atoms with Gasteiger partial charge >= 0.3 is 0 Å². The first-order valence-electron chi connectivity index (χ1n) is 6.59. The van der Waals surface area contributed by atoms with Gasteiger partial charge in [0.25, 0.3) is 0 Å². The number of benzene rings is 1. The number of nitrogens with two attached hydrogens (primary N) is 1. The topological polar surface area (TPSA) is 26.0 Å². The lowest BCUT2D eigenvalue weighted by Crippen LogP contribution is -2.29. The van der Waals surface area contributed by atoms with Gasteiger partial charge in [-0.2, -0.15) is 0 Å². The number of halogens is 2. The van der Waals surface area contributed by atoms with Crippen molar-refractivity contribution >= 4 is 0 Å². The second kappa shape index (κ2) is 4.96. The van der Waals surface area contributed by atoms with Crippen LogP contribution in [0.2, 0.25) is 0 Å². The van der Waals surface area contributed by atoms with E-state index < -0.39 is 11.6 Å². The van der Waals surface area contributed by atoms with Crippen molar-refractivity contribution in [3.05, 3.63) is 35.4 Å². The van der Waals surface area contributed by atoms with Crippen molar-refractivity contribution in [1.82, 2.24) is 0 Å². The predicted molar refractivity (Wildman–Crippen MR) is 69.0 cm³/mol. The highest BCUT2D eigenvalue weighted by atomic mass is 19.1. The fraction of sp³-hybridized carbons (Fsp3) is 0.600. The van der Waals surface area contributed by atoms with Gasteiger partial charge in [-0.05, 0) is 43.1 Å². The Morgan fingerprint density at radius 3 is 2.39 bits per heavy atom. The van der Waals surface area contributed by atoms with Crippen LogP contribution in [0, 0.1) is 23.0 Å². The fourth-order valence-corrected chi connectivity index (χ4v) is 2.81. The molecule has 100 valence electrons. The summed E-state index contributed by atoms with van der Waals surface area (Å²) in [5.41, 5.74) is 6.96. The molecule has 0 aliphatic heterocycles. The third-order valence-electron chi connectivity index (χ3n) is 4.21. The fourth-order valence-electron chi connectivity index (χ4n) is 2.81. The molecule has 1 aliphatic carbocycles. The minimum absolute atomic E-state index is 0.304. The molecule has 1 aromatic carbocycles.